The smallest absolute Gasteiger partial charge is 0.151 e. The Morgan fingerprint density at radius 2 is 2.38 bits per heavy atom. The van der Waals surface area contributed by atoms with Gasteiger partial charge in [0.15, 0.2) is 5.17 Å². The third kappa shape index (κ3) is 9.40. The molecule has 0 aromatic heterocycles. The van der Waals surface area contributed by atoms with Gasteiger partial charge in [0, 0.05) is 5.75 Å². The van der Waals surface area contributed by atoms with Gasteiger partial charge in [0.1, 0.15) is 0 Å². The quantitative estimate of drug-likeness (QED) is 0.399. The van der Waals surface area contributed by atoms with Crippen molar-refractivity contribution in [2.75, 3.05) is 5.75 Å². The van der Waals surface area contributed by atoms with Crippen molar-refractivity contribution in [3.63, 3.8) is 0 Å². The van der Waals surface area contributed by atoms with E-state index in [0.29, 0.717) is 0 Å². The lowest BCUT2D eigenvalue weighted by Crippen LogP contribution is -2.03. The Kier molecular flexibility index (Phi) is 9.61. The summed E-state index contributed by atoms with van der Waals surface area (Å²) in [6.07, 6.45) is 1.71. The number of hydrogen-bond acceptors (Lipinski definition) is 2. The number of hydrogen-bond donors (Lipinski definition) is 2. The molecule has 0 amide bonds. The fourth-order valence-electron chi connectivity index (χ4n) is 0.149. The number of thioether (sulfide) groups is 1. The number of halogens is 1. The van der Waals surface area contributed by atoms with Crippen LogP contribution >= 0.6 is 28.7 Å². The Morgan fingerprint density at radius 3 is 2.50 bits per heavy atom. The Hall–Kier alpha value is 0.0400. The Bertz CT molecular complexity index is 84.1. The van der Waals surface area contributed by atoms with Crippen molar-refractivity contribution in [3.05, 3.63) is 12.7 Å². The third-order valence-corrected chi connectivity index (χ3v) is 1.07. The van der Waals surface area contributed by atoms with Crippen molar-refractivity contribution in [2.24, 2.45) is 5.73 Å². The van der Waals surface area contributed by atoms with E-state index in [0.717, 1.165) is 5.75 Å². The first-order valence-corrected chi connectivity index (χ1v) is 2.83. The molecule has 8 heavy (non-hydrogen) atoms. The van der Waals surface area contributed by atoms with Crippen LogP contribution in [0, 0.1) is 5.41 Å². The van der Waals surface area contributed by atoms with E-state index in [1.54, 1.807) is 6.08 Å². The van der Waals surface area contributed by atoms with Gasteiger partial charge in [0.05, 0.1) is 0 Å². The zero-order valence-corrected chi connectivity index (χ0v) is 6.91. The van der Waals surface area contributed by atoms with Gasteiger partial charge < -0.3 is 5.73 Å². The molecule has 3 N–H and O–H groups in total. The number of nitrogens with two attached hydrogens (primary N) is 1. The second-order valence-corrected chi connectivity index (χ2v) is 2.03. The highest BCUT2D eigenvalue weighted by molar-refractivity contribution is 8.93. The first-order chi connectivity index (χ1) is 3.27. The molecule has 0 atom stereocenters. The van der Waals surface area contributed by atoms with Crippen LogP contribution in [0.15, 0.2) is 12.7 Å². The molecular weight excluding hydrogens is 188 g/mol. The van der Waals surface area contributed by atoms with E-state index in [9.17, 15) is 0 Å². The Morgan fingerprint density at radius 1 is 1.88 bits per heavy atom. The van der Waals surface area contributed by atoms with Crippen molar-refractivity contribution in [3.8, 4) is 0 Å². The van der Waals surface area contributed by atoms with Crippen LogP contribution in [0.4, 0.5) is 0 Å². The molecule has 0 aliphatic carbocycles. The molecule has 0 aromatic rings. The topological polar surface area (TPSA) is 49.9 Å². The fraction of sp³-hybridized carbons (Fsp3) is 0.250. The Balaban J connectivity index is 0. The maximum absolute atomic E-state index is 6.69. The lowest BCUT2D eigenvalue weighted by Gasteiger charge is -1.87. The van der Waals surface area contributed by atoms with Crippen molar-refractivity contribution in [2.45, 2.75) is 0 Å². The van der Waals surface area contributed by atoms with Crippen LogP contribution < -0.4 is 5.73 Å². The third-order valence-electron chi connectivity index (χ3n) is 0.357. The SMILES string of the molecule is Br.C=CCSC(=N)N. The molecule has 0 saturated carbocycles. The Labute approximate surface area is 63.8 Å². The van der Waals surface area contributed by atoms with Gasteiger partial charge in [-0.1, -0.05) is 17.8 Å². The van der Waals surface area contributed by atoms with Crippen LogP contribution in [0.2, 0.25) is 0 Å². The minimum Gasteiger partial charge on any atom is -0.379 e. The van der Waals surface area contributed by atoms with E-state index in [-0.39, 0.29) is 22.1 Å². The normalized spacial score (nSPS) is 7.00. The van der Waals surface area contributed by atoms with Gasteiger partial charge in [-0.05, 0) is 0 Å². The minimum absolute atomic E-state index is 0. The summed E-state index contributed by atoms with van der Waals surface area (Å²) in [6, 6.07) is 0. The predicted molar refractivity (Wildman–Crippen MR) is 44.9 cm³/mol. The molecule has 0 bridgehead atoms. The number of amidine groups is 1. The lowest BCUT2D eigenvalue weighted by molar-refractivity contribution is 1.50. The first-order valence-electron chi connectivity index (χ1n) is 1.85. The highest BCUT2D eigenvalue weighted by atomic mass is 79.9. The summed E-state index contributed by atoms with van der Waals surface area (Å²) < 4.78 is 0. The predicted octanol–water partition coefficient (Wildman–Crippen LogP) is 1.38. The molecular formula is C4H9BrN2S. The van der Waals surface area contributed by atoms with E-state index in [1.165, 1.54) is 11.8 Å². The maximum atomic E-state index is 6.69. The van der Waals surface area contributed by atoms with E-state index in [4.69, 9.17) is 11.1 Å². The van der Waals surface area contributed by atoms with Gasteiger partial charge in [0.25, 0.3) is 0 Å². The van der Waals surface area contributed by atoms with Crippen LogP contribution in [0.5, 0.6) is 0 Å². The molecule has 0 spiro atoms. The van der Waals surface area contributed by atoms with Crippen molar-refractivity contribution >= 4 is 33.9 Å². The molecule has 2 nitrogen and oxygen atoms in total. The molecule has 0 rings (SSSR count). The first kappa shape index (κ1) is 10.9. The molecule has 0 aliphatic heterocycles. The van der Waals surface area contributed by atoms with Gasteiger partial charge >= 0.3 is 0 Å². The maximum Gasteiger partial charge on any atom is 0.151 e. The van der Waals surface area contributed by atoms with E-state index < -0.39 is 0 Å². The largest absolute Gasteiger partial charge is 0.379 e. The van der Waals surface area contributed by atoms with Gasteiger partial charge in [-0.3, -0.25) is 5.41 Å². The van der Waals surface area contributed by atoms with Crippen LogP contribution in [-0.4, -0.2) is 10.9 Å². The van der Waals surface area contributed by atoms with Crippen LogP contribution in [-0.2, 0) is 0 Å². The molecule has 0 fully saturated rings. The minimum atomic E-state index is 0. The summed E-state index contributed by atoms with van der Waals surface area (Å²) in [4.78, 5) is 0. The van der Waals surface area contributed by atoms with Crippen molar-refractivity contribution in [1.82, 2.24) is 0 Å². The molecule has 0 saturated heterocycles. The van der Waals surface area contributed by atoms with Crippen LogP contribution in [0.1, 0.15) is 0 Å². The number of nitrogens with one attached hydrogen (secondary N) is 1. The van der Waals surface area contributed by atoms with E-state index >= 15 is 0 Å². The zero-order valence-electron chi connectivity index (χ0n) is 4.39. The van der Waals surface area contributed by atoms with Crippen molar-refractivity contribution in [1.29, 1.82) is 5.41 Å². The second kappa shape index (κ2) is 7.04. The van der Waals surface area contributed by atoms with Gasteiger partial charge in [-0.25, -0.2) is 0 Å². The monoisotopic (exact) mass is 196 g/mol. The molecule has 0 heterocycles. The standard InChI is InChI=1S/C4H8N2S.BrH/c1-2-3-7-4(5)6;/h2H,1,3H2,(H3,5,6);1H. The zero-order chi connectivity index (χ0) is 5.70. The van der Waals surface area contributed by atoms with Crippen molar-refractivity contribution < 1.29 is 0 Å². The summed E-state index contributed by atoms with van der Waals surface area (Å²) in [5.41, 5.74) is 4.98. The fourth-order valence-corrected chi connectivity index (χ4v) is 0.446. The van der Waals surface area contributed by atoms with Gasteiger partial charge in [0.2, 0.25) is 0 Å². The molecule has 0 unspecified atom stereocenters. The summed E-state index contributed by atoms with van der Waals surface area (Å²) in [6.45, 7) is 3.46. The highest BCUT2D eigenvalue weighted by Crippen LogP contribution is 1.94. The molecule has 48 valence electrons. The number of rotatable bonds is 2. The molecule has 0 radical (unpaired) electrons. The van der Waals surface area contributed by atoms with Crippen LogP contribution in [0.25, 0.3) is 0 Å². The summed E-state index contributed by atoms with van der Waals surface area (Å²) >= 11 is 1.27. The van der Waals surface area contributed by atoms with E-state index in [2.05, 4.69) is 6.58 Å². The summed E-state index contributed by atoms with van der Waals surface area (Å²) in [5.74, 6) is 0.731. The molecule has 0 aromatic carbocycles. The molecule has 0 aliphatic rings. The summed E-state index contributed by atoms with van der Waals surface area (Å²) in [5, 5.41) is 6.84. The van der Waals surface area contributed by atoms with E-state index in [1.807, 2.05) is 0 Å². The lowest BCUT2D eigenvalue weighted by atomic mass is 10.8. The second-order valence-electron chi connectivity index (χ2n) is 0.964. The van der Waals surface area contributed by atoms with Gasteiger partial charge in [-0.2, -0.15) is 0 Å². The summed E-state index contributed by atoms with van der Waals surface area (Å²) in [7, 11) is 0. The highest BCUT2D eigenvalue weighted by Gasteiger charge is 1.81. The van der Waals surface area contributed by atoms with Crippen LogP contribution in [0.3, 0.4) is 0 Å². The molecule has 4 heteroatoms. The van der Waals surface area contributed by atoms with Gasteiger partial charge in [-0.15, -0.1) is 23.6 Å². The average Bonchev–Trinajstić information content (AvgIpc) is 1.61. The average molecular weight is 197 g/mol.